The monoisotopic (exact) mass is 241 g/mol. The first-order valence-electron chi connectivity index (χ1n) is 6.07. The van der Waals surface area contributed by atoms with Gasteiger partial charge in [-0.05, 0) is 10.8 Å². The number of carbonyl (C=O) groups is 1. The molecule has 0 aliphatic heterocycles. The number of hydrogen-bond acceptors (Lipinski definition) is 3. The fourth-order valence-electron chi connectivity index (χ4n) is 2.71. The molecule has 0 aromatic rings. The molecular weight excluding hydrogens is 214 g/mol. The second kappa shape index (κ2) is 5.67. The van der Waals surface area contributed by atoms with Crippen molar-refractivity contribution in [2.24, 2.45) is 22.5 Å². The Morgan fingerprint density at radius 2 is 1.59 bits per heavy atom. The van der Waals surface area contributed by atoms with Crippen molar-refractivity contribution >= 4 is 5.97 Å². The number of hydrogen-bond donors (Lipinski definition) is 1. The normalized spacial score (nSPS) is 12.7. The third-order valence-corrected chi connectivity index (χ3v) is 2.69. The second-order valence-electron chi connectivity index (χ2n) is 6.61. The number of nitrogens with two attached hydrogens (primary N) is 1. The molecule has 3 heteroatoms. The van der Waals surface area contributed by atoms with Gasteiger partial charge in [0.15, 0.2) is 0 Å². The highest BCUT2D eigenvalue weighted by molar-refractivity contribution is 5.88. The molecule has 2 N–H and O–H groups in total. The molecule has 0 aromatic heterocycles. The Balaban J connectivity index is 4.97. The highest BCUT2D eigenvalue weighted by Gasteiger charge is 2.39. The Kier molecular flexibility index (Phi) is 5.40. The maximum Gasteiger partial charge on any atom is 0.333 e. The molecule has 17 heavy (non-hydrogen) atoms. The van der Waals surface area contributed by atoms with Crippen LogP contribution in [0.5, 0.6) is 0 Å². The molecule has 0 saturated heterocycles. The summed E-state index contributed by atoms with van der Waals surface area (Å²) >= 11 is 0. The van der Waals surface area contributed by atoms with Crippen LogP contribution in [0.3, 0.4) is 0 Å². The number of esters is 1. The Hall–Kier alpha value is -0.830. The van der Waals surface area contributed by atoms with Crippen molar-refractivity contribution in [1.82, 2.24) is 0 Å². The summed E-state index contributed by atoms with van der Waals surface area (Å²) in [5, 5.41) is 0. The van der Waals surface area contributed by atoms with Crippen molar-refractivity contribution in [3.05, 3.63) is 12.2 Å². The summed E-state index contributed by atoms with van der Waals surface area (Å²) in [5.74, 6) is -0.259. The molecule has 0 bridgehead atoms. The van der Waals surface area contributed by atoms with Gasteiger partial charge in [-0.1, -0.05) is 48.1 Å². The number of rotatable bonds is 4. The van der Waals surface area contributed by atoms with Crippen LogP contribution in [0.4, 0.5) is 0 Å². The van der Waals surface area contributed by atoms with Crippen LogP contribution in [-0.2, 0) is 9.53 Å². The topological polar surface area (TPSA) is 52.3 Å². The average molecular weight is 241 g/mol. The summed E-state index contributed by atoms with van der Waals surface area (Å²) in [6.45, 7) is 17.2. The first-order valence-corrected chi connectivity index (χ1v) is 6.07. The molecule has 0 atom stereocenters. The molecule has 0 aliphatic carbocycles. The van der Waals surface area contributed by atoms with Crippen molar-refractivity contribution in [1.29, 1.82) is 0 Å². The molecular formula is C14H27NO2. The molecule has 0 spiro atoms. The predicted octanol–water partition coefficient (Wildman–Crippen LogP) is 2.75. The highest BCUT2D eigenvalue weighted by atomic mass is 16.5. The maximum atomic E-state index is 11.9. The minimum atomic E-state index is -0.328. The minimum Gasteiger partial charge on any atom is -0.461 e. The van der Waals surface area contributed by atoms with Gasteiger partial charge < -0.3 is 10.5 Å². The molecule has 3 nitrogen and oxygen atoms in total. The first-order chi connectivity index (χ1) is 7.51. The van der Waals surface area contributed by atoms with Gasteiger partial charge in [0.1, 0.15) is 6.61 Å². The zero-order valence-corrected chi connectivity index (χ0v) is 12.1. The zero-order valence-electron chi connectivity index (χ0n) is 12.1. The van der Waals surface area contributed by atoms with E-state index < -0.39 is 0 Å². The summed E-state index contributed by atoms with van der Waals surface area (Å²) in [7, 11) is 0. The van der Waals surface area contributed by atoms with Crippen molar-refractivity contribution in [3.8, 4) is 0 Å². The van der Waals surface area contributed by atoms with E-state index in [2.05, 4.69) is 48.1 Å². The van der Waals surface area contributed by atoms with Crippen LogP contribution in [0.1, 0.15) is 41.5 Å². The lowest BCUT2D eigenvalue weighted by atomic mass is 9.63. The van der Waals surface area contributed by atoms with Gasteiger partial charge in [0, 0.05) is 18.0 Å². The third kappa shape index (κ3) is 4.90. The molecule has 0 heterocycles. The SMILES string of the molecule is C=C(C(=O)OCCN)C(C(C)(C)C)C(C)(C)C. The van der Waals surface area contributed by atoms with Crippen LogP contribution in [0.15, 0.2) is 12.2 Å². The van der Waals surface area contributed by atoms with Gasteiger partial charge in [-0.15, -0.1) is 0 Å². The summed E-state index contributed by atoms with van der Waals surface area (Å²) in [5.41, 5.74) is 5.80. The van der Waals surface area contributed by atoms with Crippen LogP contribution >= 0.6 is 0 Å². The largest absolute Gasteiger partial charge is 0.461 e. The van der Waals surface area contributed by atoms with E-state index in [-0.39, 0.29) is 29.3 Å². The van der Waals surface area contributed by atoms with E-state index in [1.807, 2.05) is 0 Å². The maximum absolute atomic E-state index is 11.9. The highest BCUT2D eigenvalue weighted by Crippen LogP contribution is 2.44. The van der Waals surface area contributed by atoms with Gasteiger partial charge >= 0.3 is 5.97 Å². The van der Waals surface area contributed by atoms with E-state index in [4.69, 9.17) is 10.5 Å². The van der Waals surface area contributed by atoms with Crippen LogP contribution < -0.4 is 5.73 Å². The van der Waals surface area contributed by atoms with E-state index in [0.717, 1.165) is 0 Å². The van der Waals surface area contributed by atoms with Gasteiger partial charge in [0.2, 0.25) is 0 Å². The van der Waals surface area contributed by atoms with Gasteiger partial charge in [-0.25, -0.2) is 4.79 Å². The molecule has 0 radical (unpaired) electrons. The molecule has 0 rings (SSSR count). The van der Waals surface area contributed by atoms with E-state index in [9.17, 15) is 4.79 Å². The Morgan fingerprint density at radius 3 is 1.88 bits per heavy atom. The van der Waals surface area contributed by atoms with Crippen LogP contribution in [0, 0.1) is 16.7 Å². The summed E-state index contributed by atoms with van der Waals surface area (Å²) < 4.78 is 5.06. The van der Waals surface area contributed by atoms with E-state index in [1.165, 1.54) is 0 Å². The molecule has 0 saturated carbocycles. The van der Waals surface area contributed by atoms with Gasteiger partial charge in [-0.2, -0.15) is 0 Å². The average Bonchev–Trinajstić information content (AvgIpc) is 2.09. The lowest BCUT2D eigenvalue weighted by Gasteiger charge is -2.41. The Labute approximate surface area is 105 Å². The summed E-state index contributed by atoms with van der Waals surface area (Å²) in [6, 6.07) is 0. The molecule has 0 aromatic carbocycles. The van der Waals surface area contributed by atoms with Crippen molar-refractivity contribution in [2.75, 3.05) is 13.2 Å². The Bertz CT molecular complexity index is 268. The third-order valence-electron chi connectivity index (χ3n) is 2.69. The van der Waals surface area contributed by atoms with Crippen LogP contribution in [-0.4, -0.2) is 19.1 Å². The first kappa shape index (κ1) is 16.2. The van der Waals surface area contributed by atoms with Crippen LogP contribution in [0.2, 0.25) is 0 Å². The molecule has 0 fully saturated rings. The quantitative estimate of drug-likeness (QED) is 0.608. The standard InChI is InChI=1S/C14H27NO2/c1-10(12(16)17-9-8-15)11(13(2,3)4)14(5,6)7/h11H,1,8-9,15H2,2-7H3. The second-order valence-corrected chi connectivity index (χ2v) is 6.61. The predicted molar refractivity (Wildman–Crippen MR) is 71.6 cm³/mol. The smallest absolute Gasteiger partial charge is 0.333 e. The fourth-order valence-corrected chi connectivity index (χ4v) is 2.71. The molecule has 100 valence electrons. The molecule has 0 unspecified atom stereocenters. The molecule has 0 aliphatic rings. The lowest BCUT2D eigenvalue weighted by molar-refractivity contribution is -0.140. The number of ether oxygens (including phenoxy) is 1. The van der Waals surface area contributed by atoms with E-state index >= 15 is 0 Å². The summed E-state index contributed by atoms with van der Waals surface area (Å²) in [4.78, 5) is 11.9. The lowest BCUT2D eigenvalue weighted by Crippen LogP contribution is -2.36. The van der Waals surface area contributed by atoms with Gasteiger partial charge in [0.05, 0.1) is 0 Å². The Morgan fingerprint density at radius 1 is 1.18 bits per heavy atom. The van der Waals surface area contributed by atoms with Gasteiger partial charge in [0.25, 0.3) is 0 Å². The number of carbonyl (C=O) groups excluding carboxylic acids is 1. The van der Waals surface area contributed by atoms with Crippen molar-refractivity contribution in [2.45, 2.75) is 41.5 Å². The van der Waals surface area contributed by atoms with E-state index in [1.54, 1.807) is 0 Å². The van der Waals surface area contributed by atoms with Crippen LogP contribution in [0.25, 0.3) is 0 Å². The fraction of sp³-hybridized carbons (Fsp3) is 0.786. The van der Waals surface area contributed by atoms with Crippen molar-refractivity contribution < 1.29 is 9.53 Å². The van der Waals surface area contributed by atoms with E-state index in [0.29, 0.717) is 12.1 Å². The minimum absolute atomic E-state index is 0.0307. The molecule has 0 amide bonds. The van der Waals surface area contributed by atoms with Gasteiger partial charge in [-0.3, -0.25) is 0 Å². The summed E-state index contributed by atoms with van der Waals surface area (Å²) in [6.07, 6.45) is 0. The zero-order chi connectivity index (χ0) is 13.9. The van der Waals surface area contributed by atoms with Crippen molar-refractivity contribution in [3.63, 3.8) is 0 Å².